The van der Waals surface area contributed by atoms with E-state index in [-0.39, 0.29) is 16.8 Å². The molecule has 0 unspecified atom stereocenters. The van der Waals surface area contributed by atoms with Crippen LogP contribution in [-0.2, 0) is 11.3 Å². The van der Waals surface area contributed by atoms with Gasteiger partial charge in [0.05, 0.1) is 5.39 Å². The van der Waals surface area contributed by atoms with Crippen LogP contribution in [0.25, 0.3) is 10.8 Å². The normalized spacial score (nSPS) is 11.1. The Bertz CT molecular complexity index is 1310. The highest BCUT2D eigenvalue weighted by Gasteiger charge is 2.18. The van der Waals surface area contributed by atoms with Gasteiger partial charge in [0, 0.05) is 23.2 Å². The summed E-state index contributed by atoms with van der Waals surface area (Å²) >= 11 is 0. The summed E-state index contributed by atoms with van der Waals surface area (Å²) < 4.78 is 6.49. The van der Waals surface area contributed by atoms with Crippen molar-refractivity contribution in [2.75, 3.05) is 5.32 Å². The molecule has 1 aromatic heterocycles. The van der Waals surface area contributed by atoms with Gasteiger partial charge >= 0.3 is 6.09 Å². The van der Waals surface area contributed by atoms with Crippen LogP contribution in [-0.4, -0.2) is 33.3 Å². The molecule has 10 heteroatoms. The smallest absolute Gasteiger partial charge is 0.412 e. The number of aromatic nitrogens is 2. The summed E-state index contributed by atoms with van der Waals surface area (Å²) in [4.78, 5) is 50.1. The molecular formula is C26H31N5O5. The minimum atomic E-state index is -0.646. The van der Waals surface area contributed by atoms with E-state index in [4.69, 9.17) is 4.74 Å². The second-order valence-electron chi connectivity index (χ2n) is 9.24. The molecule has 10 nitrogen and oxygen atoms in total. The SMILES string of the molecule is CCCCCn1nc(C(=O)NNC(=O)c2ccc(NC(=O)OC(C)(C)C)cc2)c2ccccc2c1=O. The Labute approximate surface area is 209 Å². The first kappa shape index (κ1) is 26.4. The number of hydrazine groups is 1. The number of unbranched alkanes of at least 4 members (excludes halogenated alkanes) is 2. The molecule has 0 radical (unpaired) electrons. The lowest BCUT2D eigenvalue weighted by molar-refractivity contribution is 0.0635. The van der Waals surface area contributed by atoms with Crippen molar-refractivity contribution in [2.45, 2.75) is 59.1 Å². The monoisotopic (exact) mass is 493 g/mol. The summed E-state index contributed by atoms with van der Waals surface area (Å²) in [6.07, 6.45) is 2.07. The molecule has 0 spiro atoms. The first-order valence-electron chi connectivity index (χ1n) is 11.8. The molecule has 0 saturated carbocycles. The van der Waals surface area contributed by atoms with Crippen LogP contribution in [0.5, 0.6) is 0 Å². The van der Waals surface area contributed by atoms with Gasteiger partial charge in [-0.1, -0.05) is 38.0 Å². The minimum Gasteiger partial charge on any atom is -0.444 e. The number of carbonyl (C=O) groups excluding carboxylic acids is 3. The van der Waals surface area contributed by atoms with E-state index < -0.39 is 23.5 Å². The number of nitrogens with zero attached hydrogens (tertiary/aromatic N) is 2. The molecule has 3 N–H and O–H groups in total. The van der Waals surface area contributed by atoms with Crippen LogP contribution in [0.15, 0.2) is 53.3 Å². The number of aryl methyl sites for hydroxylation is 1. The number of carbonyl (C=O) groups is 3. The van der Waals surface area contributed by atoms with Gasteiger partial charge in [0.2, 0.25) is 0 Å². The fourth-order valence-electron chi connectivity index (χ4n) is 3.44. The van der Waals surface area contributed by atoms with E-state index in [1.54, 1.807) is 57.2 Å². The van der Waals surface area contributed by atoms with Crippen molar-refractivity contribution in [3.8, 4) is 0 Å². The number of hydrogen-bond donors (Lipinski definition) is 3. The molecule has 0 fully saturated rings. The Morgan fingerprint density at radius 1 is 0.917 bits per heavy atom. The van der Waals surface area contributed by atoms with E-state index in [0.29, 0.717) is 23.0 Å². The second-order valence-corrected chi connectivity index (χ2v) is 9.24. The lowest BCUT2D eigenvalue weighted by Crippen LogP contribution is -2.42. The van der Waals surface area contributed by atoms with Gasteiger partial charge in [-0.05, 0) is 57.5 Å². The van der Waals surface area contributed by atoms with Gasteiger partial charge in [0.25, 0.3) is 17.4 Å². The van der Waals surface area contributed by atoms with E-state index in [1.165, 1.54) is 16.8 Å². The number of anilines is 1. The fraction of sp³-hybridized carbons (Fsp3) is 0.346. The van der Waals surface area contributed by atoms with Crippen molar-refractivity contribution in [2.24, 2.45) is 0 Å². The van der Waals surface area contributed by atoms with Crippen LogP contribution in [0.3, 0.4) is 0 Å². The van der Waals surface area contributed by atoms with Crippen LogP contribution < -0.4 is 21.7 Å². The predicted octanol–water partition coefficient (Wildman–Crippen LogP) is 4.01. The zero-order chi connectivity index (χ0) is 26.3. The van der Waals surface area contributed by atoms with Gasteiger partial charge < -0.3 is 4.74 Å². The van der Waals surface area contributed by atoms with Crippen LogP contribution >= 0.6 is 0 Å². The van der Waals surface area contributed by atoms with Crippen molar-refractivity contribution in [3.63, 3.8) is 0 Å². The topological polar surface area (TPSA) is 131 Å². The van der Waals surface area contributed by atoms with E-state index in [1.807, 2.05) is 0 Å². The molecule has 190 valence electrons. The van der Waals surface area contributed by atoms with E-state index in [0.717, 1.165) is 19.3 Å². The van der Waals surface area contributed by atoms with Gasteiger partial charge in [0.15, 0.2) is 5.69 Å². The number of rotatable bonds is 7. The molecule has 3 amide bonds. The molecule has 0 aliphatic rings. The zero-order valence-corrected chi connectivity index (χ0v) is 20.9. The molecule has 2 aromatic carbocycles. The Morgan fingerprint density at radius 3 is 2.19 bits per heavy atom. The largest absolute Gasteiger partial charge is 0.444 e. The number of fused-ring (bicyclic) bond motifs is 1. The molecule has 0 bridgehead atoms. The van der Waals surface area contributed by atoms with Crippen molar-refractivity contribution < 1.29 is 19.1 Å². The Kier molecular flexibility index (Phi) is 8.42. The number of ether oxygens (including phenoxy) is 1. The number of benzene rings is 2. The van der Waals surface area contributed by atoms with Gasteiger partial charge in [-0.3, -0.25) is 30.6 Å². The fourth-order valence-corrected chi connectivity index (χ4v) is 3.44. The van der Waals surface area contributed by atoms with E-state index in [2.05, 4.69) is 28.2 Å². The molecule has 3 aromatic rings. The summed E-state index contributed by atoms with van der Waals surface area (Å²) in [6, 6.07) is 12.8. The maximum Gasteiger partial charge on any atom is 0.412 e. The van der Waals surface area contributed by atoms with Gasteiger partial charge in [-0.15, -0.1) is 0 Å². The summed E-state index contributed by atoms with van der Waals surface area (Å²) in [5.41, 5.74) is 4.58. The molecule has 0 atom stereocenters. The third-order valence-electron chi connectivity index (χ3n) is 5.14. The molecule has 36 heavy (non-hydrogen) atoms. The first-order valence-corrected chi connectivity index (χ1v) is 11.8. The van der Waals surface area contributed by atoms with Crippen LogP contribution in [0.1, 0.15) is 67.8 Å². The van der Waals surface area contributed by atoms with Crippen molar-refractivity contribution in [1.29, 1.82) is 0 Å². The van der Waals surface area contributed by atoms with Gasteiger partial charge in [-0.2, -0.15) is 5.10 Å². The average Bonchev–Trinajstić information content (AvgIpc) is 2.83. The van der Waals surface area contributed by atoms with Crippen LogP contribution in [0.4, 0.5) is 10.5 Å². The number of hydrogen-bond acceptors (Lipinski definition) is 6. The summed E-state index contributed by atoms with van der Waals surface area (Å²) in [7, 11) is 0. The average molecular weight is 494 g/mol. The lowest BCUT2D eigenvalue weighted by Gasteiger charge is -2.19. The Balaban J connectivity index is 1.69. The van der Waals surface area contributed by atoms with E-state index in [9.17, 15) is 19.2 Å². The third-order valence-corrected chi connectivity index (χ3v) is 5.14. The summed E-state index contributed by atoms with van der Waals surface area (Å²) in [5.74, 6) is -1.21. The minimum absolute atomic E-state index is 0.0407. The standard InChI is InChI=1S/C26H31N5O5/c1-5-6-9-16-31-24(34)20-11-8-7-10-19(20)21(30-31)23(33)29-28-22(32)17-12-14-18(15-13-17)27-25(35)36-26(2,3)4/h7-8,10-15H,5-6,9,16H2,1-4H3,(H,27,35)(H,28,32)(H,29,33). The highest BCUT2D eigenvalue weighted by atomic mass is 16.6. The third kappa shape index (κ3) is 6.91. The number of nitrogens with one attached hydrogen (secondary N) is 3. The summed E-state index contributed by atoms with van der Waals surface area (Å²) in [6.45, 7) is 7.73. The van der Waals surface area contributed by atoms with Crippen molar-refractivity contribution >= 4 is 34.4 Å². The predicted molar refractivity (Wildman–Crippen MR) is 137 cm³/mol. The Hall–Kier alpha value is -4.21. The molecular weight excluding hydrogens is 462 g/mol. The van der Waals surface area contributed by atoms with Crippen molar-refractivity contribution in [3.05, 3.63) is 70.1 Å². The molecule has 3 rings (SSSR count). The maximum atomic E-state index is 12.9. The van der Waals surface area contributed by atoms with E-state index >= 15 is 0 Å². The molecule has 0 aliphatic carbocycles. The van der Waals surface area contributed by atoms with Crippen LogP contribution in [0.2, 0.25) is 0 Å². The quantitative estimate of drug-likeness (QED) is 0.337. The Morgan fingerprint density at radius 2 is 1.56 bits per heavy atom. The molecule has 0 aliphatic heterocycles. The molecule has 0 saturated heterocycles. The first-order chi connectivity index (χ1) is 17.1. The van der Waals surface area contributed by atoms with Crippen LogP contribution in [0, 0.1) is 0 Å². The summed E-state index contributed by atoms with van der Waals surface area (Å²) in [5, 5.41) is 7.64. The number of amides is 3. The lowest BCUT2D eigenvalue weighted by atomic mass is 10.1. The highest BCUT2D eigenvalue weighted by molar-refractivity contribution is 6.06. The molecule has 1 heterocycles. The maximum absolute atomic E-state index is 12.9. The van der Waals surface area contributed by atoms with Gasteiger partial charge in [-0.25, -0.2) is 9.48 Å². The van der Waals surface area contributed by atoms with Gasteiger partial charge in [0.1, 0.15) is 5.60 Å². The zero-order valence-electron chi connectivity index (χ0n) is 20.9. The second kappa shape index (κ2) is 11.5. The van der Waals surface area contributed by atoms with Crippen molar-refractivity contribution in [1.82, 2.24) is 20.6 Å². The highest BCUT2D eigenvalue weighted by Crippen LogP contribution is 2.15.